The van der Waals surface area contributed by atoms with Gasteiger partial charge in [0.25, 0.3) is 0 Å². The van der Waals surface area contributed by atoms with Crippen LogP contribution in [-0.2, 0) is 28.9 Å². The predicted molar refractivity (Wildman–Crippen MR) is 123 cm³/mol. The minimum Gasteiger partial charge on any atom is -0.454 e. The molecule has 0 fully saturated rings. The summed E-state index contributed by atoms with van der Waals surface area (Å²) < 4.78 is 12.8. The van der Waals surface area contributed by atoms with Crippen LogP contribution in [0, 0.1) is 19.8 Å². The van der Waals surface area contributed by atoms with Crippen LogP contribution in [0.2, 0.25) is 0 Å². The summed E-state index contributed by atoms with van der Waals surface area (Å²) in [5, 5.41) is 0.788. The topological polar surface area (TPSA) is 70.4 Å². The molecular formula is C26H30N2O4. The Morgan fingerprint density at radius 3 is 2.78 bits per heavy atom. The third-order valence-corrected chi connectivity index (χ3v) is 6.44. The summed E-state index contributed by atoms with van der Waals surface area (Å²) >= 11 is 0. The maximum atomic E-state index is 13.2. The lowest BCUT2D eigenvalue weighted by Crippen LogP contribution is -2.21. The number of ketones is 1. The molecule has 2 heterocycles. The quantitative estimate of drug-likeness (QED) is 0.405. The zero-order valence-corrected chi connectivity index (χ0v) is 19.2. The van der Waals surface area contributed by atoms with Gasteiger partial charge in [0.15, 0.2) is 6.61 Å². The average Bonchev–Trinajstić information content (AvgIpc) is 3.07. The number of aromatic nitrogens is 2. The minimum atomic E-state index is -0.449. The van der Waals surface area contributed by atoms with E-state index in [0.29, 0.717) is 30.2 Å². The summed E-state index contributed by atoms with van der Waals surface area (Å²) in [6.45, 7) is 7.02. The van der Waals surface area contributed by atoms with Crippen molar-refractivity contribution in [3.05, 3.63) is 64.1 Å². The molecule has 0 bridgehead atoms. The van der Waals surface area contributed by atoms with Gasteiger partial charge in [-0.15, -0.1) is 0 Å². The molecule has 6 nitrogen and oxygen atoms in total. The number of ether oxygens (including phenoxy) is 2. The number of rotatable bonds is 7. The van der Waals surface area contributed by atoms with Crippen molar-refractivity contribution in [3.8, 4) is 0 Å². The summed E-state index contributed by atoms with van der Waals surface area (Å²) in [7, 11) is 1.65. The van der Waals surface area contributed by atoms with E-state index in [1.807, 2.05) is 48.7 Å². The molecule has 1 atom stereocenters. The monoisotopic (exact) mass is 434 g/mol. The molecule has 32 heavy (non-hydrogen) atoms. The summed E-state index contributed by atoms with van der Waals surface area (Å²) in [6, 6.07) is 9.51. The van der Waals surface area contributed by atoms with Gasteiger partial charge in [0.05, 0.1) is 17.7 Å². The zero-order chi connectivity index (χ0) is 22.8. The molecule has 0 saturated carbocycles. The largest absolute Gasteiger partial charge is 0.454 e. The number of nitrogens with zero attached hydrogens (tertiary/aromatic N) is 2. The van der Waals surface area contributed by atoms with Crippen molar-refractivity contribution in [3.63, 3.8) is 0 Å². The number of hydrogen-bond donors (Lipinski definition) is 0. The number of fused-ring (bicyclic) bond motifs is 2. The Kier molecular flexibility index (Phi) is 6.42. The van der Waals surface area contributed by atoms with Crippen LogP contribution in [-0.4, -0.2) is 41.6 Å². The molecule has 2 aromatic heterocycles. The zero-order valence-electron chi connectivity index (χ0n) is 19.2. The summed E-state index contributed by atoms with van der Waals surface area (Å²) in [6.07, 6.45) is 2.71. The van der Waals surface area contributed by atoms with E-state index in [4.69, 9.17) is 14.5 Å². The standard InChI is InChI=1S/C26H30N2O4/c1-16-9-10-23-21(13-16)25(19-7-5-6-8-22(19)27-23)26(30)32-15-24(29)20-14-17(2)28(18(20)3)11-12-31-4/h5-8,14,16H,9-13,15H2,1-4H3/t16-/m0/s1. The molecule has 1 aliphatic rings. The third-order valence-electron chi connectivity index (χ3n) is 6.44. The number of carbonyl (C=O) groups excluding carboxylic acids is 2. The van der Waals surface area contributed by atoms with Crippen LogP contribution in [0.4, 0.5) is 0 Å². The van der Waals surface area contributed by atoms with Crippen LogP contribution >= 0.6 is 0 Å². The van der Waals surface area contributed by atoms with E-state index in [-0.39, 0.29) is 12.4 Å². The van der Waals surface area contributed by atoms with Gasteiger partial charge < -0.3 is 14.0 Å². The highest BCUT2D eigenvalue weighted by molar-refractivity contribution is 6.06. The normalized spacial score (nSPS) is 15.6. The van der Waals surface area contributed by atoms with Crippen LogP contribution in [0.3, 0.4) is 0 Å². The number of hydrogen-bond acceptors (Lipinski definition) is 5. The number of carbonyl (C=O) groups is 2. The first-order valence-corrected chi connectivity index (χ1v) is 11.2. The van der Waals surface area contributed by atoms with Gasteiger partial charge in [-0.2, -0.15) is 0 Å². The molecule has 0 spiro atoms. The fourth-order valence-corrected chi connectivity index (χ4v) is 4.69. The van der Waals surface area contributed by atoms with Crippen LogP contribution < -0.4 is 0 Å². The average molecular weight is 435 g/mol. The molecule has 168 valence electrons. The molecule has 1 aromatic carbocycles. The molecule has 1 aliphatic carbocycles. The number of methoxy groups -OCH3 is 1. The Morgan fingerprint density at radius 2 is 2.00 bits per heavy atom. The fraction of sp³-hybridized carbons (Fsp3) is 0.423. The Bertz CT molecular complexity index is 1180. The van der Waals surface area contributed by atoms with Gasteiger partial charge in [-0.05, 0) is 56.7 Å². The van der Waals surface area contributed by atoms with Crippen molar-refractivity contribution in [2.24, 2.45) is 5.92 Å². The number of benzene rings is 1. The van der Waals surface area contributed by atoms with Crippen molar-refractivity contribution in [1.29, 1.82) is 0 Å². The number of para-hydroxylation sites is 1. The lowest BCUT2D eigenvalue weighted by Gasteiger charge is -2.24. The predicted octanol–water partition coefficient (Wildman–Crippen LogP) is 4.46. The van der Waals surface area contributed by atoms with E-state index in [1.54, 1.807) is 7.11 Å². The third kappa shape index (κ3) is 4.19. The Hall–Kier alpha value is -2.99. The number of aryl methyl sites for hydroxylation is 2. The first-order chi connectivity index (χ1) is 15.4. The first-order valence-electron chi connectivity index (χ1n) is 11.2. The summed E-state index contributed by atoms with van der Waals surface area (Å²) in [4.78, 5) is 31.0. The van der Waals surface area contributed by atoms with Gasteiger partial charge in [-0.3, -0.25) is 9.78 Å². The number of Topliss-reactive ketones (excluding diaryl/α,β-unsaturated/α-hetero) is 1. The second-order valence-electron chi connectivity index (χ2n) is 8.71. The van der Waals surface area contributed by atoms with Crippen molar-refractivity contribution < 1.29 is 19.1 Å². The molecule has 6 heteroatoms. The second kappa shape index (κ2) is 9.25. The van der Waals surface area contributed by atoms with Crippen LogP contribution in [0.5, 0.6) is 0 Å². The molecule has 0 saturated heterocycles. The smallest absolute Gasteiger partial charge is 0.339 e. The Morgan fingerprint density at radius 1 is 1.22 bits per heavy atom. The van der Waals surface area contributed by atoms with Crippen molar-refractivity contribution >= 4 is 22.7 Å². The molecule has 0 N–H and O–H groups in total. The maximum Gasteiger partial charge on any atom is 0.339 e. The van der Waals surface area contributed by atoms with Crippen molar-refractivity contribution in [1.82, 2.24) is 9.55 Å². The molecule has 0 aliphatic heterocycles. The Labute approximate surface area is 188 Å². The van der Waals surface area contributed by atoms with E-state index in [9.17, 15) is 9.59 Å². The van der Waals surface area contributed by atoms with Crippen LogP contribution in [0.25, 0.3) is 10.9 Å². The summed E-state index contributed by atoms with van der Waals surface area (Å²) in [5.41, 5.74) is 5.73. The molecule has 3 aromatic rings. The lowest BCUT2D eigenvalue weighted by atomic mass is 9.84. The fourth-order valence-electron chi connectivity index (χ4n) is 4.69. The maximum absolute atomic E-state index is 13.2. The molecule has 0 radical (unpaired) electrons. The van der Waals surface area contributed by atoms with Crippen molar-refractivity contribution in [2.75, 3.05) is 20.3 Å². The van der Waals surface area contributed by atoms with E-state index in [1.165, 1.54) is 0 Å². The van der Waals surface area contributed by atoms with Gasteiger partial charge in [0.1, 0.15) is 0 Å². The van der Waals surface area contributed by atoms with E-state index in [0.717, 1.165) is 52.8 Å². The second-order valence-corrected chi connectivity index (χ2v) is 8.71. The molecule has 0 amide bonds. The van der Waals surface area contributed by atoms with Gasteiger partial charge in [-0.1, -0.05) is 25.1 Å². The molecule has 4 rings (SSSR count). The molecular weight excluding hydrogens is 404 g/mol. The number of esters is 1. The van der Waals surface area contributed by atoms with E-state index >= 15 is 0 Å². The first kappa shape index (κ1) is 22.2. The lowest BCUT2D eigenvalue weighted by molar-refractivity contribution is 0.0474. The van der Waals surface area contributed by atoms with Crippen LogP contribution in [0.15, 0.2) is 30.3 Å². The highest BCUT2D eigenvalue weighted by Gasteiger charge is 2.27. The van der Waals surface area contributed by atoms with E-state index in [2.05, 4.69) is 6.92 Å². The van der Waals surface area contributed by atoms with Gasteiger partial charge in [-0.25, -0.2) is 4.79 Å². The highest BCUT2D eigenvalue weighted by Crippen LogP contribution is 2.32. The van der Waals surface area contributed by atoms with E-state index < -0.39 is 5.97 Å². The Balaban J connectivity index is 1.59. The SMILES string of the molecule is COCCn1c(C)cc(C(=O)COC(=O)c2c3c(nc4ccccc24)CC[C@H](C)C3)c1C. The summed E-state index contributed by atoms with van der Waals surface area (Å²) in [5.74, 6) is -0.165. The van der Waals surface area contributed by atoms with Gasteiger partial charge in [0.2, 0.25) is 5.78 Å². The highest BCUT2D eigenvalue weighted by atomic mass is 16.5. The minimum absolute atomic E-state index is 0.198. The molecule has 0 unspecified atom stereocenters. The van der Waals surface area contributed by atoms with Gasteiger partial charge >= 0.3 is 5.97 Å². The number of pyridine rings is 1. The van der Waals surface area contributed by atoms with Crippen LogP contribution in [0.1, 0.15) is 56.7 Å². The van der Waals surface area contributed by atoms with Crippen molar-refractivity contribution in [2.45, 2.75) is 46.6 Å². The van der Waals surface area contributed by atoms with Gasteiger partial charge in [0, 0.05) is 41.7 Å².